The molecule has 0 heterocycles. The van der Waals surface area contributed by atoms with Crippen LogP contribution in [0, 0.1) is 24.2 Å². The third-order valence-electron chi connectivity index (χ3n) is 8.29. The van der Waals surface area contributed by atoms with E-state index >= 15 is 0 Å². The highest BCUT2D eigenvalue weighted by atomic mass is 16.5. The highest BCUT2D eigenvalue weighted by Gasteiger charge is 2.61. The SMILES string of the molecule is COc1ccc(NC(C)=O)cc1NC(=O)COC(=O)C12CC3CC(C1)CC(c1ccc(C)cc1)(C3)C2. The number of esters is 1. The van der Waals surface area contributed by atoms with Crippen LogP contribution in [0.2, 0.25) is 0 Å². The molecule has 2 N–H and O–H groups in total. The van der Waals surface area contributed by atoms with E-state index in [1.54, 1.807) is 18.2 Å². The Hall–Kier alpha value is -3.35. The summed E-state index contributed by atoms with van der Waals surface area (Å²) in [6, 6.07) is 13.8. The molecule has 4 saturated carbocycles. The number of rotatable bonds is 7. The molecule has 2 amide bonds. The fourth-order valence-corrected chi connectivity index (χ4v) is 7.30. The highest BCUT2D eigenvalue weighted by Crippen LogP contribution is 2.66. The molecule has 0 aliphatic heterocycles. The molecule has 0 spiro atoms. The molecule has 2 aromatic rings. The van der Waals surface area contributed by atoms with Crippen molar-refractivity contribution in [1.82, 2.24) is 0 Å². The molecule has 6 rings (SSSR count). The average Bonchev–Trinajstić information content (AvgIpc) is 2.82. The number of carbonyl (C=O) groups excluding carboxylic acids is 3. The summed E-state index contributed by atoms with van der Waals surface area (Å²) in [4.78, 5) is 37.6. The molecule has 7 nitrogen and oxygen atoms in total. The zero-order valence-electron chi connectivity index (χ0n) is 21.2. The molecule has 36 heavy (non-hydrogen) atoms. The van der Waals surface area contributed by atoms with Crippen molar-refractivity contribution in [3.63, 3.8) is 0 Å². The number of nitrogens with one attached hydrogen (secondary N) is 2. The minimum atomic E-state index is -0.516. The molecule has 4 fully saturated rings. The van der Waals surface area contributed by atoms with Crippen LogP contribution in [-0.2, 0) is 24.5 Å². The lowest BCUT2D eigenvalue weighted by Crippen LogP contribution is -2.57. The largest absolute Gasteiger partial charge is 0.495 e. The summed E-state index contributed by atoms with van der Waals surface area (Å²) in [5.41, 5.74) is 3.02. The fraction of sp³-hybridized carbons (Fsp3) is 0.483. The van der Waals surface area contributed by atoms with Gasteiger partial charge in [0.25, 0.3) is 5.91 Å². The van der Waals surface area contributed by atoms with Gasteiger partial charge in [-0.2, -0.15) is 0 Å². The van der Waals surface area contributed by atoms with Crippen LogP contribution < -0.4 is 15.4 Å². The Kier molecular flexibility index (Phi) is 6.27. The highest BCUT2D eigenvalue weighted by molar-refractivity contribution is 5.96. The van der Waals surface area contributed by atoms with E-state index in [4.69, 9.17) is 9.47 Å². The van der Waals surface area contributed by atoms with E-state index in [1.807, 2.05) is 0 Å². The lowest BCUT2D eigenvalue weighted by molar-refractivity contribution is -0.175. The molecule has 2 aromatic carbocycles. The van der Waals surface area contributed by atoms with Gasteiger partial charge in [-0.05, 0) is 86.5 Å². The normalized spacial score (nSPS) is 27.9. The second kappa shape index (κ2) is 9.26. The first-order valence-electron chi connectivity index (χ1n) is 12.7. The van der Waals surface area contributed by atoms with Gasteiger partial charge in [0.1, 0.15) is 5.75 Å². The molecule has 0 saturated heterocycles. The molecule has 4 bridgehead atoms. The van der Waals surface area contributed by atoms with Gasteiger partial charge in [-0.1, -0.05) is 29.8 Å². The Labute approximate surface area is 211 Å². The Balaban J connectivity index is 1.27. The van der Waals surface area contributed by atoms with E-state index in [0.717, 1.165) is 32.1 Å². The van der Waals surface area contributed by atoms with Crippen LogP contribution in [0.5, 0.6) is 5.75 Å². The maximum absolute atomic E-state index is 13.5. The summed E-state index contributed by atoms with van der Waals surface area (Å²) in [5, 5.41) is 5.43. The zero-order chi connectivity index (χ0) is 25.5. The van der Waals surface area contributed by atoms with Crippen LogP contribution in [0.25, 0.3) is 0 Å². The number of aryl methyl sites for hydroxylation is 1. The Morgan fingerprint density at radius 1 is 0.972 bits per heavy atom. The van der Waals surface area contributed by atoms with Crippen LogP contribution >= 0.6 is 0 Å². The van der Waals surface area contributed by atoms with Gasteiger partial charge >= 0.3 is 5.97 Å². The summed E-state index contributed by atoms with van der Waals surface area (Å²) in [5.74, 6) is 0.585. The fourth-order valence-electron chi connectivity index (χ4n) is 7.30. The zero-order valence-corrected chi connectivity index (χ0v) is 21.2. The first-order valence-corrected chi connectivity index (χ1v) is 12.7. The van der Waals surface area contributed by atoms with Crippen LogP contribution in [0.15, 0.2) is 42.5 Å². The summed E-state index contributed by atoms with van der Waals surface area (Å²) in [7, 11) is 1.50. The number of hydrogen-bond donors (Lipinski definition) is 2. The molecule has 190 valence electrons. The van der Waals surface area contributed by atoms with Gasteiger partial charge in [-0.3, -0.25) is 14.4 Å². The Morgan fingerprint density at radius 2 is 1.67 bits per heavy atom. The van der Waals surface area contributed by atoms with Crippen molar-refractivity contribution in [3.05, 3.63) is 53.6 Å². The van der Waals surface area contributed by atoms with E-state index in [9.17, 15) is 14.4 Å². The standard InChI is InChI=1S/C29H34N2O5/c1-18-4-6-22(7-5-18)28-12-20-10-21(13-28)15-29(14-20,17-28)27(34)36-16-26(33)31-24-11-23(30-19(2)32)8-9-25(24)35-3/h4-9,11,20-21H,10,12-17H2,1-3H3,(H,30,32)(H,31,33). The van der Waals surface area contributed by atoms with Crippen molar-refractivity contribution in [1.29, 1.82) is 0 Å². The molecule has 4 aliphatic rings. The molecule has 4 aliphatic carbocycles. The second-order valence-electron chi connectivity index (χ2n) is 11.1. The van der Waals surface area contributed by atoms with Crippen LogP contribution in [-0.4, -0.2) is 31.5 Å². The summed E-state index contributed by atoms with van der Waals surface area (Å²) < 4.78 is 11.0. The summed E-state index contributed by atoms with van der Waals surface area (Å²) >= 11 is 0. The molecule has 2 unspecified atom stereocenters. The number of hydrogen-bond acceptors (Lipinski definition) is 5. The van der Waals surface area contributed by atoms with E-state index in [2.05, 4.69) is 41.8 Å². The molecular weight excluding hydrogens is 456 g/mol. The average molecular weight is 491 g/mol. The van der Waals surface area contributed by atoms with Crippen molar-refractivity contribution >= 4 is 29.2 Å². The number of methoxy groups -OCH3 is 1. The summed E-state index contributed by atoms with van der Waals surface area (Å²) in [6.45, 7) is 3.15. The minimum Gasteiger partial charge on any atom is -0.495 e. The third-order valence-corrected chi connectivity index (χ3v) is 8.29. The lowest BCUT2D eigenvalue weighted by Gasteiger charge is -2.61. The number of carbonyl (C=O) groups is 3. The second-order valence-corrected chi connectivity index (χ2v) is 11.1. The number of amides is 2. The number of ether oxygens (including phenoxy) is 2. The minimum absolute atomic E-state index is 0.0244. The van der Waals surface area contributed by atoms with Gasteiger partial charge in [-0.25, -0.2) is 0 Å². The topological polar surface area (TPSA) is 93.7 Å². The monoisotopic (exact) mass is 490 g/mol. The molecule has 2 atom stereocenters. The van der Waals surface area contributed by atoms with Crippen molar-refractivity contribution in [2.75, 3.05) is 24.4 Å². The Bertz CT molecular complexity index is 1170. The lowest BCUT2D eigenvalue weighted by atomic mass is 9.43. The first kappa shape index (κ1) is 24.3. The van der Waals surface area contributed by atoms with E-state index < -0.39 is 11.3 Å². The van der Waals surface area contributed by atoms with Crippen molar-refractivity contribution < 1.29 is 23.9 Å². The van der Waals surface area contributed by atoms with Crippen molar-refractivity contribution in [3.8, 4) is 5.75 Å². The predicted octanol–water partition coefficient (Wildman–Crippen LogP) is 4.98. The van der Waals surface area contributed by atoms with E-state index in [1.165, 1.54) is 31.6 Å². The molecular formula is C29H34N2O5. The van der Waals surface area contributed by atoms with Gasteiger partial charge in [0, 0.05) is 12.6 Å². The van der Waals surface area contributed by atoms with Gasteiger partial charge in [0.2, 0.25) is 5.91 Å². The van der Waals surface area contributed by atoms with Gasteiger partial charge in [0.05, 0.1) is 18.2 Å². The molecule has 0 radical (unpaired) electrons. The van der Waals surface area contributed by atoms with Crippen LogP contribution in [0.1, 0.15) is 56.6 Å². The number of anilines is 2. The quantitative estimate of drug-likeness (QED) is 0.534. The maximum atomic E-state index is 13.5. The maximum Gasteiger partial charge on any atom is 0.312 e. The predicted molar refractivity (Wildman–Crippen MR) is 137 cm³/mol. The first-order chi connectivity index (χ1) is 17.2. The van der Waals surface area contributed by atoms with E-state index in [0.29, 0.717) is 29.0 Å². The summed E-state index contributed by atoms with van der Waals surface area (Å²) in [6.07, 6.45) is 5.95. The Morgan fingerprint density at radius 3 is 2.31 bits per heavy atom. The molecule has 0 aromatic heterocycles. The third kappa shape index (κ3) is 4.59. The van der Waals surface area contributed by atoms with Gasteiger partial charge in [0.15, 0.2) is 6.61 Å². The van der Waals surface area contributed by atoms with Crippen LogP contribution in [0.3, 0.4) is 0 Å². The smallest absolute Gasteiger partial charge is 0.312 e. The van der Waals surface area contributed by atoms with Gasteiger partial charge < -0.3 is 20.1 Å². The van der Waals surface area contributed by atoms with E-state index in [-0.39, 0.29) is 23.9 Å². The van der Waals surface area contributed by atoms with Gasteiger partial charge in [-0.15, -0.1) is 0 Å². The number of benzene rings is 2. The molecule has 7 heteroatoms. The van der Waals surface area contributed by atoms with Crippen molar-refractivity contribution in [2.24, 2.45) is 17.3 Å². The van der Waals surface area contributed by atoms with Crippen LogP contribution in [0.4, 0.5) is 11.4 Å². The van der Waals surface area contributed by atoms with Crippen molar-refractivity contribution in [2.45, 2.75) is 57.8 Å².